The zero-order chi connectivity index (χ0) is 48.7. The molecule has 1 fully saturated rings. The number of rotatable bonds is 20. The smallest absolute Gasteiger partial charge is 0.247 e. The van der Waals surface area contributed by atoms with E-state index in [-0.39, 0.29) is 34.7 Å². The zero-order valence-electron chi connectivity index (χ0n) is 39.2. The molecule has 0 saturated carbocycles. The van der Waals surface area contributed by atoms with Crippen LogP contribution in [0.5, 0.6) is 11.5 Å². The summed E-state index contributed by atoms with van der Waals surface area (Å²) in [6.07, 6.45) is 0.947. The van der Waals surface area contributed by atoms with Crippen molar-refractivity contribution in [1.29, 1.82) is 0 Å². The lowest BCUT2D eigenvalue weighted by molar-refractivity contribution is -0.137. The number of Topliss-reactive ketones (excluding diaryl/α,β-unsaturated/α-hetero) is 1. The number of benzene rings is 1. The maximum atomic E-state index is 14.1. The third-order valence-corrected chi connectivity index (χ3v) is 12.1. The third-order valence-electron chi connectivity index (χ3n) is 12.1. The van der Waals surface area contributed by atoms with Crippen molar-refractivity contribution in [3.63, 3.8) is 0 Å². The molecule has 1 aliphatic heterocycles. The molecule has 64 heavy (non-hydrogen) atoms. The normalized spacial score (nSPS) is 22.9. The average Bonchev–Trinajstić information content (AvgIpc) is 3.22. The first-order valence-electron chi connectivity index (χ1n) is 22.3. The van der Waals surface area contributed by atoms with Gasteiger partial charge in [0.25, 0.3) is 0 Å². The SMILES string of the molecule is CCC[C@H](C)[C@@H](O)[C@H](C)C[C@H](C)C[C@H](C)C(=O)CC(=O)N[C@@H](C(=O)N[C@@H](C)C(=O)N[C@H]1C(=O)N[C@@H](c2cc(O)c(C)c(O)c2)C(=O)N[C@@H]([C@@H](C)CC)C(=O)NCC(=O)N[C@@H]1C)[C@@H](C)O. The van der Waals surface area contributed by atoms with Gasteiger partial charge in [-0.2, -0.15) is 0 Å². The van der Waals surface area contributed by atoms with Crippen LogP contribution in [-0.4, -0.2) is 117 Å². The summed E-state index contributed by atoms with van der Waals surface area (Å²) < 4.78 is 0. The summed E-state index contributed by atoms with van der Waals surface area (Å²) >= 11 is 0. The summed E-state index contributed by atoms with van der Waals surface area (Å²) in [6, 6.07) is -6.40. The Balaban J connectivity index is 2.25. The van der Waals surface area contributed by atoms with Gasteiger partial charge in [0.2, 0.25) is 41.4 Å². The number of hydrogen-bond acceptors (Lipinski definition) is 12. The van der Waals surface area contributed by atoms with E-state index >= 15 is 0 Å². The van der Waals surface area contributed by atoms with Crippen LogP contribution in [0, 0.1) is 36.5 Å². The van der Waals surface area contributed by atoms with Gasteiger partial charge >= 0.3 is 0 Å². The van der Waals surface area contributed by atoms with Crippen molar-refractivity contribution in [1.82, 2.24) is 37.2 Å². The van der Waals surface area contributed by atoms with Crippen molar-refractivity contribution in [2.24, 2.45) is 29.6 Å². The van der Waals surface area contributed by atoms with Crippen LogP contribution in [0.15, 0.2) is 12.1 Å². The standard InChI is InChI=1S/C45H73N7O12/c1-12-14-23(5)40(59)25(7)16-21(3)15-24(6)31(54)19-34(57)49-38(29(11)53)44(63)48-28(10)41(60)51-37-27(9)47-35(58)20-46-42(61)36(22(4)13-2)50-45(64)39(52-43(37)62)30-17-32(55)26(8)33(56)18-30/h17-18,21-25,27-29,36-40,53,55-56,59H,12-16,19-20H2,1-11H3,(H,46,61)(H,47,58)(H,48,63)(H,49,57)(H,50,64)(H,51,60)(H,52,62)/t21-,22+,23+,24+,25-,27-,28+,29-,36+,37-,38-,39+,40-/m1/s1. The molecule has 1 saturated heterocycles. The quantitative estimate of drug-likeness (QED) is 0.0819. The first kappa shape index (κ1) is 54.8. The van der Waals surface area contributed by atoms with Gasteiger partial charge in [0, 0.05) is 11.5 Å². The second-order valence-corrected chi connectivity index (χ2v) is 17.9. The van der Waals surface area contributed by atoms with E-state index in [1.54, 1.807) is 20.8 Å². The molecule has 0 aliphatic carbocycles. The molecule has 1 aromatic carbocycles. The lowest BCUT2D eigenvalue weighted by atomic mass is 9.82. The number of hydrogen-bond donors (Lipinski definition) is 11. The number of carbonyl (C=O) groups is 8. The van der Waals surface area contributed by atoms with Gasteiger partial charge in [-0.15, -0.1) is 0 Å². The van der Waals surface area contributed by atoms with E-state index in [0.29, 0.717) is 19.3 Å². The van der Waals surface area contributed by atoms with Gasteiger partial charge in [-0.25, -0.2) is 0 Å². The van der Waals surface area contributed by atoms with E-state index in [9.17, 15) is 58.8 Å². The highest BCUT2D eigenvalue weighted by Crippen LogP contribution is 2.31. The number of aromatic hydroxyl groups is 2. The summed E-state index contributed by atoms with van der Waals surface area (Å²) in [6.45, 7) is 18.0. The molecule has 19 heteroatoms. The van der Waals surface area contributed by atoms with E-state index in [2.05, 4.69) is 44.1 Å². The topological polar surface area (TPSA) is 302 Å². The second-order valence-electron chi connectivity index (χ2n) is 17.9. The van der Waals surface area contributed by atoms with Crippen molar-refractivity contribution >= 4 is 47.1 Å². The Kier molecular flexibility index (Phi) is 21.6. The van der Waals surface area contributed by atoms with Crippen LogP contribution in [0.25, 0.3) is 0 Å². The Morgan fingerprint density at radius 3 is 1.97 bits per heavy atom. The number of aliphatic hydroxyl groups is 2. The largest absolute Gasteiger partial charge is 0.508 e. The predicted octanol–water partition coefficient (Wildman–Crippen LogP) is 1.03. The number of phenolic OH excluding ortho intramolecular Hbond substituents is 2. The van der Waals surface area contributed by atoms with E-state index in [0.717, 1.165) is 25.0 Å². The number of nitrogens with one attached hydrogen (secondary N) is 7. The fourth-order valence-electron chi connectivity index (χ4n) is 7.83. The first-order valence-corrected chi connectivity index (χ1v) is 22.3. The van der Waals surface area contributed by atoms with Gasteiger partial charge in [0.15, 0.2) is 0 Å². The minimum absolute atomic E-state index is 0.0171. The van der Waals surface area contributed by atoms with Crippen LogP contribution in [0.2, 0.25) is 0 Å². The van der Waals surface area contributed by atoms with Gasteiger partial charge in [-0.1, -0.05) is 61.3 Å². The number of aliphatic hydroxyl groups excluding tert-OH is 2. The highest BCUT2D eigenvalue weighted by Gasteiger charge is 2.37. The molecule has 13 atom stereocenters. The maximum absolute atomic E-state index is 14.1. The summed E-state index contributed by atoms with van der Waals surface area (Å²) in [5, 5.41) is 59.5. The number of phenols is 2. The van der Waals surface area contributed by atoms with Crippen LogP contribution in [-0.2, 0) is 38.4 Å². The summed E-state index contributed by atoms with van der Waals surface area (Å²) in [5.74, 6) is -8.05. The second kappa shape index (κ2) is 25.3. The molecule has 0 bridgehead atoms. The molecular weight excluding hydrogens is 831 g/mol. The lowest BCUT2D eigenvalue weighted by Crippen LogP contribution is -2.62. The van der Waals surface area contributed by atoms with E-state index in [4.69, 9.17) is 0 Å². The molecule has 2 rings (SSSR count). The molecule has 7 amide bonds. The molecule has 1 aromatic rings. The van der Waals surface area contributed by atoms with Gasteiger partial charge in [-0.3, -0.25) is 38.4 Å². The molecule has 19 nitrogen and oxygen atoms in total. The predicted molar refractivity (Wildman–Crippen MR) is 237 cm³/mol. The minimum atomic E-state index is -1.65. The maximum Gasteiger partial charge on any atom is 0.247 e. The Morgan fingerprint density at radius 2 is 1.41 bits per heavy atom. The van der Waals surface area contributed by atoms with Crippen molar-refractivity contribution < 1.29 is 58.8 Å². The fraction of sp³-hybridized carbons (Fsp3) is 0.689. The van der Waals surface area contributed by atoms with Crippen molar-refractivity contribution in [2.75, 3.05) is 6.54 Å². The van der Waals surface area contributed by atoms with Crippen LogP contribution in [0.3, 0.4) is 0 Å². The van der Waals surface area contributed by atoms with Crippen molar-refractivity contribution in [2.45, 2.75) is 163 Å². The van der Waals surface area contributed by atoms with E-state index in [1.807, 2.05) is 20.8 Å². The third kappa shape index (κ3) is 16.0. The molecule has 0 unspecified atom stereocenters. The number of ketones is 1. The molecular formula is C45H73N7O12. The molecule has 0 aromatic heterocycles. The number of amides is 7. The summed E-state index contributed by atoms with van der Waals surface area (Å²) in [4.78, 5) is 107. The van der Waals surface area contributed by atoms with Gasteiger partial charge in [-0.05, 0) is 88.3 Å². The van der Waals surface area contributed by atoms with Crippen molar-refractivity contribution in [3.05, 3.63) is 23.3 Å². The average molecular weight is 904 g/mol. The monoisotopic (exact) mass is 904 g/mol. The molecule has 0 spiro atoms. The minimum Gasteiger partial charge on any atom is -0.508 e. The van der Waals surface area contributed by atoms with Gasteiger partial charge < -0.3 is 57.6 Å². The molecule has 0 radical (unpaired) electrons. The lowest BCUT2D eigenvalue weighted by Gasteiger charge is -2.29. The van der Waals surface area contributed by atoms with Crippen LogP contribution in [0.1, 0.15) is 125 Å². The summed E-state index contributed by atoms with van der Waals surface area (Å²) in [5.41, 5.74) is 0.00760. The molecule has 360 valence electrons. The Morgan fingerprint density at radius 1 is 0.797 bits per heavy atom. The van der Waals surface area contributed by atoms with Crippen LogP contribution in [0.4, 0.5) is 0 Å². The van der Waals surface area contributed by atoms with Crippen LogP contribution >= 0.6 is 0 Å². The zero-order valence-corrected chi connectivity index (χ0v) is 39.2. The van der Waals surface area contributed by atoms with E-state index < -0.39 is 126 Å². The van der Waals surface area contributed by atoms with Gasteiger partial charge in [0.05, 0.1) is 31.2 Å². The van der Waals surface area contributed by atoms with E-state index in [1.165, 1.54) is 27.7 Å². The number of carbonyl (C=O) groups excluding carboxylic acids is 8. The molecule has 11 N–H and O–H groups in total. The van der Waals surface area contributed by atoms with Crippen LogP contribution < -0.4 is 37.2 Å². The first-order chi connectivity index (χ1) is 29.8. The fourth-order valence-corrected chi connectivity index (χ4v) is 7.83. The molecule has 1 aliphatic rings. The Hall–Kier alpha value is -5.30. The highest BCUT2D eigenvalue weighted by atomic mass is 16.3. The highest BCUT2D eigenvalue weighted by molar-refractivity contribution is 6.01. The Labute approximate surface area is 376 Å². The van der Waals surface area contributed by atoms with Gasteiger partial charge in [0.1, 0.15) is 47.5 Å². The Bertz CT molecular complexity index is 1800. The summed E-state index contributed by atoms with van der Waals surface area (Å²) in [7, 11) is 0. The van der Waals surface area contributed by atoms with Crippen molar-refractivity contribution in [3.8, 4) is 11.5 Å². The molecule has 1 heterocycles.